The van der Waals surface area contributed by atoms with Crippen LogP contribution in [-0.4, -0.2) is 30.4 Å². The topological polar surface area (TPSA) is 15.6 Å². The zero-order chi connectivity index (χ0) is 20.0. The number of amidine groups is 1. The van der Waals surface area contributed by atoms with Gasteiger partial charge < -0.3 is 4.90 Å². The number of nitrogens with zero attached hydrogens (tertiary/aromatic N) is 2. The lowest BCUT2D eigenvalue weighted by molar-refractivity contribution is 0.376. The molecule has 0 aliphatic heterocycles. The van der Waals surface area contributed by atoms with E-state index < -0.39 is 0 Å². The van der Waals surface area contributed by atoms with E-state index in [1.54, 1.807) is 0 Å². The van der Waals surface area contributed by atoms with Gasteiger partial charge in [0.1, 0.15) is 0 Å². The second-order valence-corrected chi connectivity index (χ2v) is 8.28. The largest absolute Gasteiger partial charge is 0.360 e. The van der Waals surface area contributed by atoms with E-state index in [0.717, 1.165) is 6.54 Å². The fraction of sp³-hybridized carbons (Fsp3) is 0.960. The van der Waals surface area contributed by atoms with Gasteiger partial charge in [0, 0.05) is 26.1 Å². The molecule has 0 aliphatic rings. The lowest BCUT2D eigenvalue weighted by Crippen LogP contribution is -2.33. The van der Waals surface area contributed by atoms with Gasteiger partial charge in [-0.05, 0) is 25.7 Å². The maximum atomic E-state index is 5.13. The normalized spacial score (nSPS) is 11.9. The second-order valence-electron chi connectivity index (χ2n) is 8.28. The van der Waals surface area contributed by atoms with Crippen molar-refractivity contribution in [3.63, 3.8) is 0 Å². The van der Waals surface area contributed by atoms with Crippen LogP contribution < -0.4 is 0 Å². The third-order valence-corrected chi connectivity index (χ3v) is 5.49. The molecular formula is C25H52N2. The van der Waals surface area contributed by atoms with Crippen LogP contribution in [0.5, 0.6) is 0 Å². The standard InChI is InChI=1S/C25H52N2/c1-5-9-13-17-21-25(26-22-18-14-10-6-2)27(23-19-15-11-7-3)24-20-16-12-8-4/h5-24H2,1-4H3/b26-25+. The zero-order valence-electron chi connectivity index (χ0n) is 19.5. The highest BCUT2D eigenvalue weighted by molar-refractivity contribution is 5.82. The molecule has 162 valence electrons. The summed E-state index contributed by atoms with van der Waals surface area (Å²) in [5, 5.41) is 0. The lowest BCUT2D eigenvalue weighted by atomic mass is 10.1. The Morgan fingerprint density at radius 2 is 0.963 bits per heavy atom. The van der Waals surface area contributed by atoms with Crippen LogP contribution in [0.1, 0.15) is 137 Å². The summed E-state index contributed by atoms with van der Waals surface area (Å²) in [4.78, 5) is 7.81. The zero-order valence-corrected chi connectivity index (χ0v) is 19.5. The molecule has 0 aromatic carbocycles. The van der Waals surface area contributed by atoms with Crippen LogP contribution >= 0.6 is 0 Å². The molecule has 0 atom stereocenters. The Balaban J connectivity index is 4.70. The van der Waals surface area contributed by atoms with Crippen molar-refractivity contribution in [2.75, 3.05) is 19.6 Å². The summed E-state index contributed by atoms with van der Waals surface area (Å²) in [5.41, 5.74) is 0. The van der Waals surface area contributed by atoms with E-state index in [2.05, 4.69) is 32.6 Å². The van der Waals surface area contributed by atoms with Crippen molar-refractivity contribution < 1.29 is 0 Å². The summed E-state index contributed by atoms with van der Waals surface area (Å²) in [6.07, 6.45) is 22.7. The molecule has 0 aromatic heterocycles. The third-order valence-electron chi connectivity index (χ3n) is 5.49. The number of aliphatic imine (C=N–C) groups is 1. The Morgan fingerprint density at radius 1 is 0.519 bits per heavy atom. The van der Waals surface area contributed by atoms with Gasteiger partial charge in [-0.3, -0.25) is 4.99 Å². The van der Waals surface area contributed by atoms with Crippen molar-refractivity contribution in [3.8, 4) is 0 Å². The fourth-order valence-electron chi connectivity index (χ4n) is 3.62. The Labute approximate surface area is 172 Å². The molecule has 0 radical (unpaired) electrons. The number of hydrogen-bond donors (Lipinski definition) is 0. The predicted octanol–water partition coefficient (Wildman–Crippen LogP) is 8.40. The average molecular weight is 381 g/mol. The molecule has 0 N–H and O–H groups in total. The van der Waals surface area contributed by atoms with Crippen LogP contribution in [0.3, 0.4) is 0 Å². The van der Waals surface area contributed by atoms with Gasteiger partial charge in [-0.2, -0.15) is 0 Å². The van der Waals surface area contributed by atoms with Gasteiger partial charge in [0.2, 0.25) is 0 Å². The number of rotatable bonds is 20. The van der Waals surface area contributed by atoms with Crippen molar-refractivity contribution in [2.24, 2.45) is 4.99 Å². The third kappa shape index (κ3) is 17.3. The molecule has 0 rings (SSSR count). The molecule has 0 aromatic rings. The average Bonchev–Trinajstić information content (AvgIpc) is 2.68. The predicted molar refractivity (Wildman–Crippen MR) is 125 cm³/mol. The van der Waals surface area contributed by atoms with E-state index in [9.17, 15) is 0 Å². The molecular weight excluding hydrogens is 328 g/mol. The first-order valence-electron chi connectivity index (χ1n) is 12.6. The summed E-state index contributed by atoms with van der Waals surface area (Å²) < 4.78 is 0. The maximum absolute atomic E-state index is 5.13. The van der Waals surface area contributed by atoms with Crippen LogP contribution in [0.15, 0.2) is 4.99 Å². The summed E-state index contributed by atoms with van der Waals surface area (Å²) in [6, 6.07) is 0. The Hall–Kier alpha value is -0.530. The number of hydrogen-bond acceptors (Lipinski definition) is 1. The highest BCUT2D eigenvalue weighted by Crippen LogP contribution is 2.12. The second kappa shape index (κ2) is 21.8. The summed E-state index contributed by atoms with van der Waals surface area (Å²) in [5.74, 6) is 1.44. The van der Waals surface area contributed by atoms with Crippen molar-refractivity contribution in [3.05, 3.63) is 0 Å². The molecule has 0 aliphatic carbocycles. The van der Waals surface area contributed by atoms with Crippen LogP contribution in [-0.2, 0) is 0 Å². The Morgan fingerprint density at radius 3 is 1.44 bits per heavy atom. The van der Waals surface area contributed by atoms with E-state index >= 15 is 0 Å². The smallest absolute Gasteiger partial charge is 0.0988 e. The molecule has 0 saturated carbocycles. The van der Waals surface area contributed by atoms with Gasteiger partial charge in [-0.1, -0.05) is 105 Å². The van der Waals surface area contributed by atoms with Gasteiger partial charge in [-0.15, -0.1) is 0 Å². The monoisotopic (exact) mass is 380 g/mol. The van der Waals surface area contributed by atoms with Gasteiger partial charge in [0.15, 0.2) is 0 Å². The Kier molecular flexibility index (Phi) is 21.3. The molecule has 0 unspecified atom stereocenters. The van der Waals surface area contributed by atoms with Crippen LogP contribution in [0.4, 0.5) is 0 Å². The highest BCUT2D eigenvalue weighted by Gasteiger charge is 2.11. The molecule has 27 heavy (non-hydrogen) atoms. The van der Waals surface area contributed by atoms with Gasteiger partial charge in [0.05, 0.1) is 5.84 Å². The van der Waals surface area contributed by atoms with E-state index in [-0.39, 0.29) is 0 Å². The molecule has 0 saturated heterocycles. The first-order valence-corrected chi connectivity index (χ1v) is 12.6. The molecule has 0 bridgehead atoms. The van der Waals surface area contributed by atoms with Crippen LogP contribution in [0, 0.1) is 0 Å². The maximum Gasteiger partial charge on any atom is 0.0988 e. The minimum Gasteiger partial charge on any atom is -0.360 e. The van der Waals surface area contributed by atoms with E-state index in [1.165, 1.54) is 128 Å². The van der Waals surface area contributed by atoms with Crippen LogP contribution in [0.2, 0.25) is 0 Å². The fourth-order valence-corrected chi connectivity index (χ4v) is 3.62. The molecule has 2 heteroatoms. The van der Waals surface area contributed by atoms with Gasteiger partial charge in [-0.25, -0.2) is 0 Å². The summed E-state index contributed by atoms with van der Waals surface area (Å²) in [6.45, 7) is 12.7. The first kappa shape index (κ1) is 26.5. The molecule has 2 nitrogen and oxygen atoms in total. The summed E-state index contributed by atoms with van der Waals surface area (Å²) >= 11 is 0. The lowest BCUT2D eigenvalue weighted by Gasteiger charge is -2.27. The molecule has 0 heterocycles. The minimum atomic E-state index is 1.05. The van der Waals surface area contributed by atoms with Gasteiger partial charge in [0.25, 0.3) is 0 Å². The quantitative estimate of drug-likeness (QED) is 0.118. The van der Waals surface area contributed by atoms with Crippen molar-refractivity contribution >= 4 is 5.84 Å². The minimum absolute atomic E-state index is 1.05. The van der Waals surface area contributed by atoms with Crippen molar-refractivity contribution in [2.45, 2.75) is 137 Å². The summed E-state index contributed by atoms with van der Waals surface area (Å²) in [7, 11) is 0. The SMILES string of the molecule is CCCCCC/N=C(\CCCCCC)N(CCCCCC)CCCCCC. The highest BCUT2D eigenvalue weighted by atomic mass is 15.2. The van der Waals surface area contributed by atoms with E-state index in [1.807, 2.05) is 0 Å². The van der Waals surface area contributed by atoms with E-state index in [0.29, 0.717) is 0 Å². The molecule has 0 spiro atoms. The molecule has 0 fully saturated rings. The first-order chi connectivity index (χ1) is 13.3. The van der Waals surface area contributed by atoms with E-state index in [4.69, 9.17) is 4.99 Å². The van der Waals surface area contributed by atoms with Gasteiger partial charge >= 0.3 is 0 Å². The van der Waals surface area contributed by atoms with Crippen LogP contribution in [0.25, 0.3) is 0 Å². The van der Waals surface area contributed by atoms with Crippen molar-refractivity contribution in [1.29, 1.82) is 0 Å². The Bertz CT molecular complexity index is 299. The van der Waals surface area contributed by atoms with Crippen molar-refractivity contribution in [1.82, 2.24) is 4.90 Å². The number of unbranched alkanes of at least 4 members (excludes halogenated alkanes) is 12. The molecule has 0 amide bonds.